The van der Waals surface area contributed by atoms with Crippen LogP contribution in [0.1, 0.15) is 40.5 Å². The van der Waals surface area contributed by atoms with Gasteiger partial charge in [-0.3, -0.25) is 0 Å². The van der Waals surface area contributed by atoms with Crippen LogP contribution in [0, 0.1) is 0 Å². The molecule has 17 heavy (non-hydrogen) atoms. The summed E-state index contributed by atoms with van der Waals surface area (Å²) in [5.41, 5.74) is -0.791. The van der Waals surface area contributed by atoms with E-state index in [4.69, 9.17) is 9.47 Å². The average molecular weight is 245 g/mol. The summed E-state index contributed by atoms with van der Waals surface area (Å²) >= 11 is 0. The van der Waals surface area contributed by atoms with Crippen LogP contribution in [0.4, 0.5) is 0 Å². The maximum atomic E-state index is 10.1. The Hall–Kier alpha value is -0.160. The van der Waals surface area contributed by atoms with Gasteiger partial charge in [0.15, 0.2) is 0 Å². The first kappa shape index (κ1) is 14.9. The zero-order valence-corrected chi connectivity index (χ0v) is 11.5. The van der Waals surface area contributed by atoms with Crippen molar-refractivity contribution < 1.29 is 14.6 Å². The van der Waals surface area contributed by atoms with E-state index in [9.17, 15) is 5.11 Å². The Morgan fingerprint density at radius 2 is 1.94 bits per heavy atom. The van der Waals surface area contributed by atoms with E-state index in [0.29, 0.717) is 13.2 Å². The lowest BCUT2D eigenvalue weighted by atomic mass is 10.0. The normalized spacial score (nSPS) is 33.4. The van der Waals surface area contributed by atoms with E-state index < -0.39 is 5.60 Å². The Morgan fingerprint density at radius 1 is 1.35 bits per heavy atom. The SMILES string of the molecule is CCNCC(C)(O)COC1CC(C)OC(C)C1. The van der Waals surface area contributed by atoms with Crippen molar-refractivity contribution in [1.29, 1.82) is 0 Å². The van der Waals surface area contributed by atoms with E-state index in [1.165, 1.54) is 0 Å². The van der Waals surface area contributed by atoms with Gasteiger partial charge in [0.1, 0.15) is 0 Å². The zero-order chi connectivity index (χ0) is 12.9. The van der Waals surface area contributed by atoms with Gasteiger partial charge < -0.3 is 19.9 Å². The van der Waals surface area contributed by atoms with Crippen LogP contribution in [0.3, 0.4) is 0 Å². The molecule has 2 N–H and O–H groups in total. The van der Waals surface area contributed by atoms with Crippen LogP contribution in [-0.2, 0) is 9.47 Å². The molecule has 0 radical (unpaired) electrons. The van der Waals surface area contributed by atoms with Gasteiger partial charge >= 0.3 is 0 Å². The van der Waals surface area contributed by atoms with Crippen molar-refractivity contribution in [3.63, 3.8) is 0 Å². The van der Waals surface area contributed by atoms with Gasteiger partial charge in [-0.2, -0.15) is 0 Å². The molecule has 102 valence electrons. The molecule has 3 atom stereocenters. The largest absolute Gasteiger partial charge is 0.386 e. The van der Waals surface area contributed by atoms with Crippen LogP contribution < -0.4 is 5.32 Å². The summed E-state index contributed by atoms with van der Waals surface area (Å²) in [7, 11) is 0. The number of aliphatic hydroxyl groups is 1. The number of ether oxygens (including phenoxy) is 2. The van der Waals surface area contributed by atoms with Crippen LogP contribution in [0.5, 0.6) is 0 Å². The lowest BCUT2D eigenvalue weighted by molar-refractivity contribution is -0.128. The Balaban J connectivity index is 2.29. The molecule has 1 fully saturated rings. The fraction of sp³-hybridized carbons (Fsp3) is 1.00. The number of hydrogen-bond acceptors (Lipinski definition) is 4. The molecule has 0 saturated carbocycles. The Morgan fingerprint density at radius 3 is 2.47 bits per heavy atom. The predicted octanol–water partition coefficient (Wildman–Crippen LogP) is 1.32. The topological polar surface area (TPSA) is 50.7 Å². The van der Waals surface area contributed by atoms with Gasteiger partial charge in [-0.05, 0) is 40.2 Å². The monoisotopic (exact) mass is 245 g/mol. The van der Waals surface area contributed by atoms with Gasteiger partial charge in [-0.25, -0.2) is 0 Å². The minimum absolute atomic E-state index is 0.210. The van der Waals surface area contributed by atoms with E-state index in [2.05, 4.69) is 19.2 Å². The molecule has 1 aliphatic rings. The molecular weight excluding hydrogens is 218 g/mol. The van der Waals surface area contributed by atoms with Crippen molar-refractivity contribution >= 4 is 0 Å². The first-order valence-corrected chi connectivity index (χ1v) is 6.63. The van der Waals surface area contributed by atoms with Crippen LogP contribution in [0.15, 0.2) is 0 Å². The molecule has 1 saturated heterocycles. The second-order valence-corrected chi connectivity index (χ2v) is 5.44. The van der Waals surface area contributed by atoms with Crippen LogP contribution in [0.25, 0.3) is 0 Å². The first-order valence-electron chi connectivity index (χ1n) is 6.63. The van der Waals surface area contributed by atoms with Crippen molar-refractivity contribution in [3.05, 3.63) is 0 Å². The number of rotatable bonds is 6. The maximum Gasteiger partial charge on any atom is 0.0975 e. The van der Waals surface area contributed by atoms with E-state index in [1.807, 2.05) is 13.8 Å². The molecule has 0 aromatic heterocycles. The van der Waals surface area contributed by atoms with Gasteiger partial charge in [0.25, 0.3) is 0 Å². The molecule has 1 aliphatic heterocycles. The number of nitrogens with one attached hydrogen (secondary N) is 1. The lowest BCUT2D eigenvalue weighted by Gasteiger charge is -2.34. The van der Waals surface area contributed by atoms with E-state index in [0.717, 1.165) is 19.4 Å². The number of likely N-dealkylation sites (N-methyl/N-ethyl adjacent to an activating group) is 1. The summed E-state index contributed by atoms with van der Waals surface area (Å²) < 4.78 is 11.5. The second-order valence-electron chi connectivity index (χ2n) is 5.44. The third-order valence-corrected chi connectivity index (χ3v) is 3.04. The standard InChI is InChI=1S/C13H27NO3/c1-5-14-8-13(4,15)9-16-12-6-10(2)17-11(3)7-12/h10-12,14-15H,5-9H2,1-4H3. The molecule has 4 heteroatoms. The van der Waals surface area contributed by atoms with E-state index >= 15 is 0 Å². The molecule has 3 unspecified atom stereocenters. The van der Waals surface area contributed by atoms with Gasteiger partial charge in [0, 0.05) is 6.54 Å². The van der Waals surface area contributed by atoms with E-state index in [-0.39, 0.29) is 18.3 Å². The van der Waals surface area contributed by atoms with Gasteiger partial charge in [-0.1, -0.05) is 6.92 Å². The first-order chi connectivity index (χ1) is 7.93. The highest BCUT2D eigenvalue weighted by atomic mass is 16.5. The van der Waals surface area contributed by atoms with Crippen molar-refractivity contribution in [2.45, 2.75) is 64.4 Å². The third kappa shape index (κ3) is 5.82. The molecular formula is C13H27NO3. The van der Waals surface area contributed by atoms with Crippen LogP contribution in [-0.4, -0.2) is 48.7 Å². The molecule has 0 amide bonds. The van der Waals surface area contributed by atoms with Gasteiger partial charge in [0.2, 0.25) is 0 Å². The summed E-state index contributed by atoms with van der Waals surface area (Å²) in [4.78, 5) is 0. The van der Waals surface area contributed by atoms with Crippen molar-refractivity contribution in [2.24, 2.45) is 0 Å². The highest BCUT2D eigenvalue weighted by molar-refractivity contribution is 4.78. The molecule has 0 aromatic carbocycles. The minimum atomic E-state index is -0.791. The number of hydrogen-bond donors (Lipinski definition) is 2. The summed E-state index contributed by atoms with van der Waals surface area (Å²) in [5, 5.41) is 13.2. The summed E-state index contributed by atoms with van der Waals surface area (Å²) in [5.74, 6) is 0. The molecule has 4 nitrogen and oxygen atoms in total. The van der Waals surface area contributed by atoms with Crippen LogP contribution >= 0.6 is 0 Å². The minimum Gasteiger partial charge on any atom is -0.386 e. The fourth-order valence-corrected chi connectivity index (χ4v) is 2.22. The Labute approximate surface area is 105 Å². The van der Waals surface area contributed by atoms with Crippen molar-refractivity contribution in [2.75, 3.05) is 19.7 Å². The van der Waals surface area contributed by atoms with Gasteiger partial charge in [0.05, 0.1) is 30.5 Å². The summed E-state index contributed by atoms with van der Waals surface area (Å²) in [6, 6.07) is 0. The van der Waals surface area contributed by atoms with E-state index in [1.54, 1.807) is 0 Å². The zero-order valence-electron chi connectivity index (χ0n) is 11.5. The molecule has 0 spiro atoms. The Bertz CT molecular complexity index is 211. The predicted molar refractivity (Wildman–Crippen MR) is 68.2 cm³/mol. The summed E-state index contributed by atoms with van der Waals surface area (Å²) in [6.07, 6.45) is 2.55. The molecule has 1 heterocycles. The van der Waals surface area contributed by atoms with Crippen LogP contribution in [0.2, 0.25) is 0 Å². The lowest BCUT2D eigenvalue weighted by Crippen LogP contribution is -2.44. The summed E-state index contributed by atoms with van der Waals surface area (Å²) in [6.45, 7) is 9.79. The smallest absolute Gasteiger partial charge is 0.0975 e. The molecule has 0 bridgehead atoms. The van der Waals surface area contributed by atoms with Crippen molar-refractivity contribution in [1.82, 2.24) is 5.32 Å². The third-order valence-electron chi connectivity index (χ3n) is 3.04. The molecule has 0 aromatic rings. The highest BCUT2D eigenvalue weighted by Gasteiger charge is 2.28. The quantitative estimate of drug-likeness (QED) is 0.741. The highest BCUT2D eigenvalue weighted by Crippen LogP contribution is 2.22. The molecule has 1 rings (SSSR count). The molecule has 0 aliphatic carbocycles. The fourth-order valence-electron chi connectivity index (χ4n) is 2.22. The van der Waals surface area contributed by atoms with Gasteiger partial charge in [-0.15, -0.1) is 0 Å². The average Bonchev–Trinajstić information content (AvgIpc) is 2.23. The van der Waals surface area contributed by atoms with Crippen molar-refractivity contribution in [3.8, 4) is 0 Å². The Kier molecular flexibility index (Phi) is 5.86. The second kappa shape index (κ2) is 6.69. The maximum absolute atomic E-state index is 10.1.